The van der Waals surface area contributed by atoms with E-state index in [0.29, 0.717) is 38.9 Å². The molecule has 1 heterocycles. The number of aliphatic hydroxyl groups excluding tert-OH is 1. The van der Waals surface area contributed by atoms with Gasteiger partial charge in [0.15, 0.2) is 0 Å². The van der Waals surface area contributed by atoms with Crippen LogP contribution >= 0.6 is 0 Å². The number of ether oxygens (including phenoxy) is 1. The number of alkyl carbamates (subject to hydrolysis) is 1. The van der Waals surface area contributed by atoms with E-state index in [2.05, 4.69) is 5.32 Å². The van der Waals surface area contributed by atoms with E-state index in [0.717, 1.165) is 0 Å². The molecule has 0 bridgehead atoms. The van der Waals surface area contributed by atoms with E-state index in [1.54, 1.807) is 0 Å². The summed E-state index contributed by atoms with van der Waals surface area (Å²) in [4.78, 5) is 23.2. The van der Waals surface area contributed by atoms with E-state index in [4.69, 9.17) is 14.9 Å². The zero-order valence-electron chi connectivity index (χ0n) is 9.59. The molecular formula is C10H18N2O5. The molecule has 17 heavy (non-hydrogen) atoms. The molecule has 7 nitrogen and oxygen atoms in total. The number of nitrogens with one attached hydrogen (secondary N) is 1. The van der Waals surface area contributed by atoms with Gasteiger partial charge in [-0.25, -0.2) is 9.59 Å². The Bertz CT molecular complexity index is 263. The molecule has 3 N–H and O–H groups in total. The highest BCUT2D eigenvalue weighted by Crippen LogP contribution is 2.13. The van der Waals surface area contributed by atoms with Crippen LogP contribution in [0.3, 0.4) is 0 Å². The number of rotatable bonds is 4. The number of likely N-dealkylation sites (tertiary alicyclic amines) is 1. The Balaban J connectivity index is 2.17. The maximum absolute atomic E-state index is 11.3. The smallest absolute Gasteiger partial charge is 0.407 e. The third-order valence-corrected chi connectivity index (χ3v) is 2.59. The number of piperidine rings is 1. The standard InChI is InChI=1S/C10H18N2O5/c13-7-1-4-11-9(14)17-8-2-5-12(6-3-8)10(15)16/h8,13H,1-7H2,(H,11,14)(H,15,16). The summed E-state index contributed by atoms with van der Waals surface area (Å²) in [6, 6.07) is 0. The van der Waals surface area contributed by atoms with Crippen LogP contribution in [0.2, 0.25) is 0 Å². The van der Waals surface area contributed by atoms with Crippen molar-refractivity contribution in [2.45, 2.75) is 25.4 Å². The minimum absolute atomic E-state index is 0.0251. The predicted octanol–water partition coefficient (Wildman–Crippen LogP) is 0.237. The lowest BCUT2D eigenvalue weighted by Gasteiger charge is -2.29. The van der Waals surface area contributed by atoms with Crippen molar-refractivity contribution in [2.75, 3.05) is 26.2 Å². The molecule has 7 heteroatoms. The van der Waals surface area contributed by atoms with Gasteiger partial charge in [-0.1, -0.05) is 0 Å². The highest BCUT2D eigenvalue weighted by molar-refractivity contribution is 5.67. The number of carbonyl (C=O) groups excluding carboxylic acids is 1. The molecule has 0 radical (unpaired) electrons. The fourth-order valence-corrected chi connectivity index (χ4v) is 1.63. The molecule has 0 spiro atoms. The van der Waals surface area contributed by atoms with Crippen molar-refractivity contribution in [3.8, 4) is 0 Å². The number of nitrogens with zero attached hydrogens (tertiary/aromatic N) is 1. The first kappa shape index (κ1) is 13.6. The molecule has 0 aromatic rings. The second kappa shape index (κ2) is 6.95. The van der Waals surface area contributed by atoms with Gasteiger partial charge in [-0.3, -0.25) is 0 Å². The molecule has 0 aromatic heterocycles. The van der Waals surface area contributed by atoms with Crippen LogP contribution in [0.15, 0.2) is 0 Å². The monoisotopic (exact) mass is 246 g/mol. The van der Waals surface area contributed by atoms with Crippen LogP contribution in [0.5, 0.6) is 0 Å². The average molecular weight is 246 g/mol. The minimum Gasteiger partial charge on any atom is -0.465 e. The molecule has 0 saturated carbocycles. The normalized spacial score (nSPS) is 16.6. The second-order valence-corrected chi connectivity index (χ2v) is 3.88. The summed E-state index contributed by atoms with van der Waals surface area (Å²) in [6.45, 7) is 1.19. The van der Waals surface area contributed by atoms with Gasteiger partial charge in [0.2, 0.25) is 0 Å². The number of aliphatic hydroxyl groups is 1. The quantitative estimate of drug-likeness (QED) is 0.617. The SMILES string of the molecule is O=C(NCCCO)OC1CCN(C(=O)O)CC1. The molecule has 0 aliphatic carbocycles. The molecule has 0 aromatic carbocycles. The van der Waals surface area contributed by atoms with Gasteiger partial charge in [0.25, 0.3) is 0 Å². The van der Waals surface area contributed by atoms with E-state index >= 15 is 0 Å². The van der Waals surface area contributed by atoms with Gasteiger partial charge in [0.1, 0.15) is 6.10 Å². The van der Waals surface area contributed by atoms with Crippen LogP contribution in [0.25, 0.3) is 0 Å². The fourth-order valence-electron chi connectivity index (χ4n) is 1.63. The fraction of sp³-hybridized carbons (Fsp3) is 0.800. The van der Waals surface area contributed by atoms with Gasteiger partial charge in [-0.15, -0.1) is 0 Å². The Morgan fingerprint density at radius 3 is 2.53 bits per heavy atom. The topological polar surface area (TPSA) is 99.1 Å². The predicted molar refractivity (Wildman–Crippen MR) is 58.8 cm³/mol. The van der Waals surface area contributed by atoms with Gasteiger partial charge < -0.3 is 25.2 Å². The molecule has 98 valence electrons. The second-order valence-electron chi connectivity index (χ2n) is 3.88. The zero-order valence-corrected chi connectivity index (χ0v) is 9.59. The van der Waals surface area contributed by atoms with Gasteiger partial charge in [-0.2, -0.15) is 0 Å². The van der Waals surface area contributed by atoms with E-state index in [1.165, 1.54) is 4.90 Å². The van der Waals surface area contributed by atoms with Crippen LogP contribution in [0.1, 0.15) is 19.3 Å². The molecule has 0 unspecified atom stereocenters. The van der Waals surface area contributed by atoms with Crippen LogP contribution in [0, 0.1) is 0 Å². The van der Waals surface area contributed by atoms with Gasteiger partial charge in [0.05, 0.1) is 0 Å². The molecular weight excluding hydrogens is 228 g/mol. The average Bonchev–Trinajstić information content (AvgIpc) is 2.30. The van der Waals surface area contributed by atoms with Crippen molar-refractivity contribution >= 4 is 12.2 Å². The van der Waals surface area contributed by atoms with Crippen molar-refractivity contribution in [1.82, 2.24) is 10.2 Å². The summed E-state index contributed by atoms with van der Waals surface area (Å²) in [5.41, 5.74) is 0. The van der Waals surface area contributed by atoms with Gasteiger partial charge in [-0.05, 0) is 6.42 Å². The lowest BCUT2D eigenvalue weighted by Crippen LogP contribution is -2.41. The molecule has 1 aliphatic heterocycles. The summed E-state index contributed by atoms with van der Waals surface area (Å²) in [6.07, 6.45) is -0.116. The van der Waals surface area contributed by atoms with Crippen molar-refractivity contribution in [3.05, 3.63) is 0 Å². The Morgan fingerprint density at radius 2 is 2.00 bits per heavy atom. The van der Waals surface area contributed by atoms with Gasteiger partial charge in [0, 0.05) is 39.1 Å². The van der Waals surface area contributed by atoms with Crippen LogP contribution in [0.4, 0.5) is 9.59 Å². The number of hydrogen-bond donors (Lipinski definition) is 3. The zero-order chi connectivity index (χ0) is 12.7. The lowest BCUT2D eigenvalue weighted by molar-refractivity contribution is 0.0510. The van der Waals surface area contributed by atoms with E-state index in [1.807, 2.05) is 0 Å². The maximum Gasteiger partial charge on any atom is 0.407 e. The first-order chi connectivity index (χ1) is 8.13. The van der Waals surface area contributed by atoms with E-state index < -0.39 is 12.2 Å². The Labute approximate surface area is 99.4 Å². The number of carbonyl (C=O) groups is 2. The number of hydrogen-bond acceptors (Lipinski definition) is 4. The third-order valence-electron chi connectivity index (χ3n) is 2.59. The molecule has 1 aliphatic rings. The highest BCUT2D eigenvalue weighted by Gasteiger charge is 2.24. The van der Waals surface area contributed by atoms with E-state index in [9.17, 15) is 9.59 Å². The van der Waals surface area contributed by atoms with Gasteiger partial charge >= 0.3 is 12.2 Å². The maximum atomic E-state index is 11.3. The summed E-state index contributed by atoms with van der Waals surface area (Å²) in [7, 11) is 0. The molecule has 2 amide bonds. The minimum atomic E-state index is -0.934. The molecule has 1 fully saturated rings. The molecule has 1 saturated heterocycles. The number of amides is 2. The Hall–Kier alpha value is -1.50. The van der Waals surface area contributed by atoms with Crippen LogP contribution in [-0.2, 0) is 4.74 Å². The largest absolute Gasteiger partial charge is 0.465 e. The highest BCUT2D eigenvalue weighted by atomic mass is 16.6. The third kappa shape index (κ3) is 4.90. The first-order valence-corrected chi connectivity index (χ1v) is 5.66. The van der Waals surface area contributed by atoms with Crippen molar-refractivity contribution < 1.29 is 24.5 Å². The van der Waals surface area contributed by atoms with Crippen molar-refractivity contribution in [2.24, 2.45) is 0 Å². The molecule has 0 atom stereocenters. The summed E-state index contributed by atoms with van der Waals surface area (Å²) < 4.78 is 5.11. The summed E-state index contributed by atoms with van der Waals surface area (Å²) in [5.74, 6) is 0. The lowest BCUT2D eigenvalue weighted by atomic mass is 10.1. The summed E-state index contributed by atoms with van der Waals surface area (Å²) in [5, 5.41) is 19.8. The van der Waals surface area contributed by atoms with E-state index in [-0.39, 0.29) is 12.7 Å². The Kier molecular flexibility index (Phi) is 5.55. The Morgan fingerprint density at radius 1 is 1.35 bits per heavy atom. The van der Waals surface area contributed by atoms with Crippen LogP contribution < -0.4 is 5.32 Å². The van der Waals surface area contributed by atoms with Crippen molar-refractivity contribution in [3.63, 3.8) is 0 Å². The number of carboxylic acid groups (broad SMARTS) is 1. The van der Waals surface area contributed by atoms with Crippen LogP contribution in [-0.4, -0.2) is 59.6 Å². The first-order valence-electron chi connectivity index (χ1n) is 5.66. The van der Waals surface area contributed by atoms with Crippen molar-refractivity contribution in [1.29, 1.82) is 0 Å². The summed E-state index contributed by atoms with van der Waals surface area (Å²) >= 11 is 0. The molecule has 1 rings (SSSR count).